The molecule has 2 N–H and O–H groups in total. The van der Waals surface area contributed by atoms with Gasteiger partial charge in [-0.1, -0.05) is 62.4 Å². The van der Waals surface area contributed by atoms with Crippen molar-refractivity contribution in [3.8, 4) is 0 Å². The quantitative estimate of drug-likeness (QED) is 0.673. The highest BCUT2D eigenvalue weighted by Gasteiger charge is 2.14. The van der Waals surface area contributed by atoms with Crippen molar-refractivity contribution >= 4 is 17.5 Å². The third-order valence-corrected chi connectivity index (χ3v) is 4.39. The van der Waals surface area contributed by atoms with Gasteiger partial charge in [-0.25, -0.2) is 0 Å². The number of pyridine rings is 1. The van der Waals surface area contributed by atoms with E-state index in [9.17, 15) is 9.59 Å². The van der Waals surface area contributed by atoms with E-state index < -0.39 is 0 Å². The Morgan fingerprint density at radius 2 is 1.54 bits per heavy atom. The molecule has 0 spiro atoms. The largest absolute Gasteiger partial charge is 0.348 e. The van der Waals surface area contributed by atoms with Crippen molar-refractivity contribution in [1.29, 1.82) is 0 Å². The summed E-state index contributed by atoms with van der Waals surface area (Å²) in [5, 5.41) is 5.77. The maximum Gasteiger partial charge on any atom is 0.257 e. The van der Waals surface area contributed by atoms with E-state index in [0.717, 1.165) is 16.8 Å². The Kier molecular flexibility index (Phi) is 6.17. The number of hydrogen-bond donors (Lipinski definition) is 2. The number of carbonyl (C=O) groups excluding carboxylic acids is 2. The van der Waals surface area contributed by atoms with Gasteiger partial charge in [0, 0.05) is 24.6 Å². The molecule has 0 saturated heterocycles. The zero-order chi connectivity index (χ0) is 19.9. The molecular weight excluding hydrogens is 350 g/mol. The number of nitrogens with one attached hydrogen (secondary N) is 2. The standard InChI is InChI=1S/C23H23N3O2/c1-16(2)20-10-6-7-11-21(20)26-23(28)19-12-18(14-24-15-19)22(27)25-13-17-8-4-3-5-9-17/h3-12,14-16H,13H2,1-2H3,(H,25,27)(H,26,28). The minimum Gasteiger partial charge on any atom is -0.348 e. The van der Waals surface area contributed by atoms with Crippen LogP contribution in [0.4, 0.5) is 5.69 Å². The summed E-state index contributed by atoms with van der Waals surface area (Å²) in [5.41, 5.74) is 3.51. The third kappa shape index (κ3) is 4.82. The summed E-state index contributed by atoms with van der Waals surface area (Å²) in [6, 6.07) is 18.9. The maximum absolute atomic E-state index is 12.7. The van der Waals surface area contributed by atoms with Crippen molar-refractivity contribution in [2.75, 3.05) is 5.32 Å². The van der Waals surface area contributed by atoms with E-state index in [1.54, 1.807) is 6.07 Å². The van der Waals surface area contributed by atoms with Crippen LogP contribution in [-0.2, 0) is 6.54 Å². The zero-order valence-corrected chi connectivity index (χ0v) is 16.0. The number of rotatable bonds is 6. The molecule has 0 radical (unpaired) electrons. The lowest BCUT2D eigenvalue weighted by atomic mass is 10.0. The van der Waals surface area contributed by atoms with Crippen molar-refractivity contribution in [2.45, 2.75) is 26.3 Å². The van der Waals surface area contributed by atoms with Gasteiger partial charge in [0.1, 0.15) is 0 Å². The van der Waals surface area contributed by atoms with Crippen LogP contribution in [0.5, 0.6) is 0 Å². The first kappa shape index (κ1) is 19.3. The number of para-hydroxylation sites is 1. The average molecular weight is 373 g/mol. The van der Waals surface area contributed by atoms with E-state index in [-0.39, 0.29) is 17.7 Å². The second kappa shape index (κ2) is 8.95. The highest BCUT2D eigenvalue weighted by Crippen LogP contribution is 2.24. The summed E-state index contributed by atoms with van der Waals surface area (Å²) in [6.07, 6.45) is 2.92. The summed E-state index contributed by atoms with van der Waals surface area (Å²) in [6.45, 7) is 4.56. The lowest BCUT2D eigenvalue weighted by molar-refractivity contribution is 0.0950. The Hall–Kier alpha value is -3.47. The van der Waals surface area contributed by atoms with E-state index >= 15 is 0 Å². The van der Waals surface area contributed by atoms with Gasteiger partial charge < -0.3 is 10.6 Å². The molecule has 0 aliphatic heterocycles. The van der Waals surface area contributed by atoms with Crippen LogP contribution in [0.3, 0.4) is 0 Å². The molecule has 28 heavy (non-hydrogen) atoms. The van der Waals surface area contributed by atoms with Crippen LogP contribution < -0.4 is 10.6 Å². The summed E-state index contributed by atoms with van der Waals surface area (Å²) in [4.78, 5) is 29.1. The van der Waals surface area contributed by atoms with E-state index in [1.807, 2.05) is 54.6 Å². The molecule has 1 heterocycles. The second-order valence-corrected chi connectivity index (χ2v) is 6.83. The number of amides is 2. The van der Waals surface area contributed by atoms with Crippen LogP contribution >= 0.6 is 0 Å². The topological polar surface area (TPSA) is 71.1 Å². The van der Waals surface area contributed by atoms with E-state index in [1.165, 1.54) is 12.4 Å². The van der Waals surface area contributed by atoms with Crippen LogP contribution in [0.1, 0.15) is 51.6 Å². The molecule has 0 unspecified atom stereocenters. The predicted molar refractivity (Wildman–Crippen MR) is 110 cm³/mol. The molecule has 0 aliphatic carbocycles. The number of anilines is 1. The number of nitrogens with zero attached hydrogens (tertiary/aromatic N) is 1. The van der Waals surface area contributed by atoms with Crippen LogP contribution in [0.25, 0.3) is 0 Å². The normalized spacial score (nSPS) is 10.5. The van der Waals surface area contributed by atoms with Gasteiger partial charge in [0.15, 0.2) is 0 Å². The molecule has 0 atom stereocenters. The van der Waals surface area contributed by atoms with Gasteiger partial charge in [0.2, 0.25) is 0 Å². The Bertz CT molecular complexity index is 968. The molecule has 3 aromatic rings. The molecule has 0 fully saturated rings. The van der Waals surface area contributed by atoms with Crippen molar-refractivity contribution in [3.63, 3.8) is 0 Å². The number of hydrogen-bond acceptors (Lipinski definition) is 3. The fourth-order valence-electron chi connectivity index (χ4n) is 2.88. The van der Waals surface area contributed by atoms with Gasteiger partial charge >= 0.3 is 0 Å². The lowest BCUT2D eigenvalue weighted by Gasteiger charge is -2.13. The Balaban J connectivity index is 1.70. The van der Waals surface area contributed by atoms with Gasteiger partial charge in [-0.2, -0.15) is 0 Å². The molecule has 2 aromatic carbocycles. The molecule has 1 aromatic heterocycles. The van der Waals surface area contributed by atoms with Gasteiger partial charge in [-0.15, -0.1) is 0 Å². The molecular formula is C23H23N3O2. The summed E-state index contributed by atoms with van der Waals surface area (Å²) in [7, 11) is 0. The predicted octanol–water partition coefficient (Wildman–Crippen LogP) is 4.39. The SMILES string of the molecule is CC(C)c1ccccc1NC(=O)c1cncc(C(=O)NCc2ccccc2)c1. The van der Waals surface area contributed by atoms with E-state index in [2.05, 4.69) is 29.5 Å². The fourth-order valence-corrected chi connectivity index (χ4v) is 2.88. The number of benzene rings is 2. The first-order valence-corrected chi connectivity index (χ1v) is 9.22. The molecule has 5 heteroatoms. The first-order valence-electron chi connectivity index (χ1n) is 9.22. The van der Waals surface area contributed by atoms with Crippen molar-refractivity contribution in [2.24, 2.45) is 0 Å². The maximum atomic E-state index is 12.7. The lowest BCUT2D eigenvalue weighted by Crippen LogP contribution is -2.23. The van der Waals surface area contributed by atoms with Gasteiger partial charge in [-0.05, 0) is 29.2 Å². The second-order valence-electron chi connectivity index (χ2n) is 6.83. The van der Waals surface area contributed by atoms with Crippen LogP contribution in [0.2, 0.25) is 0 Å². The fraction of sp³-hybridized carbons (Fsp3) is 0.174. The monoisotopic (exact) mass is 373 g/mol. The van der Waals surface area contributed by atoms with Crippen LogP contribution in [0.15, 0.2) is 73.1 Å². The van der Waals surface area contributed by atoms with Crippen molar-refractivity contribution < 1.29 is 9.59 Å². The molecule has 5 nitrogen and oxygen atoms in total. The Morgan fingerprint density at radius 3 is 2.25 bits per heavy atom. The molecule has 0 saturated carbocycles. The Labute approximate surface area is 164 Å². The van der Waals surface area contributed by atoms with Gasteiger partial charge in [0.25, 0.3) is 11.8 Å². The van der Waals surface area contributed by atoms with E-state index in [0.29, 0.717) is 17.7 Å². The van der Waals surface area contributed by atoms with Gasteiger partial charge in [0.05, 0.1) is 11.1 Å². The number of aromatic nitrogens is 1. The summed E-state index contributed by atoms with van der Waals surface area (Å²) in [5.74, 6) is -0.281. The highest BCUT2D eigenvalue weighted by atomic mass is 16.2. The van der Waals surface area contributed by atoms with Crippen molar-refractivity contribution in [3.05, 3.63) is 95.3 Å². The summed E-state index contributed by atoms with van der Waals surface area (Å²) < 4.78 is 0. The third-order valence-electron chi connectivity index (χ3n) is 4.39. The van der Waals surface area contributed by atoms with Crippen molar-refractivity contribution in [1.82, 2.24) is 10.3 Å². The van der Waals surface area contributed by atoms with E-state index in [4.69, 9.17) is 0 Å². The molecule has 0 bridgehead atoms. The van der Waals surface area contributed by atoms with Crippen LogP contribution in [0, 0.1) is 0 Å². The smallest absolute Gasteiger partial charge is 0.257 e. The average Bonchev–Trinajstić information content (AvgIpc) is 2.73. The highest BCUT2D eigenvalue weighted by molar-refractivity contribution is 6.06. The van der Waals surface area contributed by atoms with Crippen LogP contribution in [-0.4, -0.2) is 16.8 Å². The Morgan fingerprint density at radius 1 is 0.893 bits per heavy atom. The minimum absolute atomic E-state index is 0.270. The molecule has 2 amide bonds. The minimum atomic E-state index is -0.293. The number of carbonyl (C=O) groups is 2. The molecule has 0 aliphatic rings. The zero-order valence-electron chi connectivity index (χ0n) is 16.0. The molecule has 3 rings (SSSR count). The van der Waals surface area contributed by atoms with Gasteiger partial charge in [-0.3, -0.25) is 14.6 Å². The first-order chi connectivity index (χ1) is 13.5. The molecule has 142 valence electrons. The summed E-state index contributed by atoms with van der Waals surface area (Å²) >= 11 is 0.